The van der Waals surface area contributed by atoms with Crippen LogP contribution in [0.2, 0.25) is 0 Å². The minimum absolute atomic E-state index is 0.0708. The normalized spacial score (nSPS) is 28.7. The fourth-order valence-electron chi connectivity index (χ4n) is 3.49. The molecule has 0 amide bonds. The molecule has 2 bridgehead atoms. The molecule has 1 aromatic carbocycles. The number of rotatable bonds is 4. The molecule has 0 radical (unpaired) electrons. The van der Waals surface area contributed by atoms with Gasteiger partial charge in [0, 0.05) is 12.1 Å². The standard InChI is InChI=1S/C13H16N2O4S/c16-15(17)12-3-1-2-4-13(12)20(18,19)14-11-8-9-5-6-10(11)7-9/h1-4,9-11,14H,5-8H2/t9-,10+,11-/m0/s1. The number of nitro benzene ring substituents is 1. The number of fused-ring (bicyclic) bond motifs is 2. The SMILES string of the molecule is O=[N+]([O-])c1ccccc1S(=O)(=O)N[C@H]1C[C@H]2CC[C@@H]1C2. The molecule has 0 spiro atoms. The Hall–Kier alpha value is -1.47. The van der Waals surface area contributed by atoms with Gasteiger partial charge in [-0.1, -0.05) is 18.6 Å². The molecule has 2 aliphatic rings. The lowest BCUT2D eigenvalue weighted by molar-refractivity contribution is -0.387. The zero-order valence-corrected chi connectivity index (χ0v) is 11.7. The summed E-state index contributed by atoms with van der Waals surface area (Å²) < 4.78 is 27.4. The fourth-order valence-corrected chi connectivity index (χ4v) is 4.98. The fraction of sp³-hybridized carbons (Fsp3) is 0.538. The van der Waals surface area contributed by atoms with E-state index in [9.17, 15) is 18.5 Å². The van der Waals surface area contributed by atoms with Gasteiger partial charge in [-0.3, -0.25) is 10.1 Å². The van der Waals surface area contributed by atoms with E-state index in [2.05, 4.69) is 4.72 Å². The Morgan fingerprint density at radius 1 is 1.20 bits per heavy atom. The van der Waals surface area contributed by atoms with Crippen molar-refractivity contribution in [1.82, 2.24) is 4.72 Å². The molecule has 1 aromatic rings. The summed E-state index contributed by atoms with van der Waals surface area (Å²) in [5, 5.41) is 10.9. The van der Waals surface area contributed by atoms with E-state index in [4.69, 9.17) is 0 Å². The lowest BCUT2D eigenvalue weighted by atomic mass is 9.96. The van der Waals surface area contributed by atoms with Gasteiger partial charge in [-0.05, 0) is 37.2 Å². The first-order valence-electron chi connectivity index (χ1n) is 6.73. The second-order valence-electron chi connectivity index (χ2n) is 5.63. The summed E-state index contributed by atoms with van der Waals surface area (Å²) in [5.41, 5.74) is -0.372. The third-order valence-corrected chi connectivity index (χ3v) is 5.93. The van der Waals surface area contributed by atoms with Crippen LogP contribution < -0.4 is 4.72 Å². The number of nitrogens with zero attached hydrogens (tertiary/aromatic N) is 1. The average Bonchev–Trinajstić information content (AvgIpc) is 3.00. The second kappa shape index (κ2) is 4.82. The van der Waals surface area contributed by atoms with Gasteiger partial charge in [0.05, 0.1) is 4.92 Å². The van der Waals surface area contributed by atoms with Crippen LogP contribution >= 0.6 is 0 Å². The molecule has 2 aliphatic carbocycles. The van der Waals surface area contributed by atoms with Crippen molar-refractivity contribution in [2.75, 3.05) is 0 Å². The Labute approximate surface area is 117 Å². The number of nitro groups is 1. The Morgan fingerprint density at radius 3 is 2.55 bits per heavy atom. The molecule has 2 saturated carbocycles. The van der Waals surface area contributed by atoms with Crippen LogP contribution in [0.5, 0.6) is 0 Å². The van der Waals surface area contributed by atoms with Gasteiger partial charge >= 0.3 is 0 Å². The Balaban J connectivity index is 1.87. The van der Waals surface area contributed by atoms with Gasteiger partial charge in [-0.15, -0.1) is 0 Å². The number of sulfonamides is 1. The highest BCUT2D eigenvalue weighted by Gasteiger charge is 2.42. The molecule has 1 N–H and O–H groups in total. The van der Waals surface area contributed by atoms with Crippen LogP contribution in [0.1, 0.15) is 25.7 Å². The van der Waals surface area contributed by atoms with Crippen molar-refractivity contribution >= 4 is 15.7 Å². The van der Waals surface area contributed by atoms with E-state index in [0.717, 1.165) is 19.3 Å². The van der Waals surface area contributed by atoms with E-state index < -0.39 is 14.9 Å². The maximum absolute atomic E-state index is 12.4. The van der Waals surface area contributed by atoms with Crippen molar-refractivity contribution in [3.05, 3.63) is 34.4 Å². The van der Waals surface area contributed by atoms with Crippen molar-refractivity contribution in [3.8, 4) is 0 Å². The van der Waals surface area contributed by atoms with Gasteiger partial charge in [-0.25, -0.2) is 13.1 Å². The molecule has 0 heterocycles. The van der Waals surface area contributed by atoms with Crippen molar-refractivity contribution < 1.29 is 13.3 Å². The third-order valence-electron chi connectivity index (χ3n) is 4.40. The molecule has 20 heavy (non-hydrogen) atoms. The van der Waals surface area contributed by atoms with Crippen LogP contribution in [0.15, 0.2) is 29.2 Å². The molecule has 108 valence electrons. The van der Waals surface area contributed by atoms with Gasteiger partial charge in [0.2, 0.25) is 10.0 Å². The quantitative estimate of drug-likeness (QED) is 0.680. The minimum atomic E-state index is -3.83. The summed E-state index contributed by atoms with van der Waals surface area (Å²) in [7, 11) is -3.83. The van der Waals surface area contributed by atoms with Gasteiger partial charge < -0.3 is 0 Å². The van der Waals surface area contributed by atoms with Gasteiger partial charge in [0.1, 0.15) is 0 Å². The largest absolute Gasteiger partial charge is 0.289 e. The summed E-state index contributed by atoms with van der Waals surface area (Å²) in [6, 6.07) is 5.40. The second-order valence-corrected chi connectivity index (χ2v) is 7.31. The molecule has 0 saturated heterocycles. The van der Waals surface area contributed by atoms with Crippen molar-refractivity contribution in [2.24, 2.45) is 11.8 Å². The van der Waals surface area contributed by atoms with Crippen molar-refractivity contribution in [1.29, 1.82) is 0 Å². The number of hydrogen-bond acceptors (Lipinski definition) is 4. The predicted molar refractivity (Wildman–Crippen MR) is 72.7 cm³/mol. The van der Waals surface area contributed by atoms with E-state index in [1.165, 1.54) is 30.7 Å². The van der Waals surface area contributed by atoms with Crippen LogP contribution in [0.25, 0.3) is 0 Å². The summed E-state index contributed by atoms with van der Waals surface area (Å²) >= 11 is 0. The minimum Gasteiger partial charge on any atom is -0.258 e. The Bertz CT molecular complexity index is 644. The summed E-state index contributed by atoms with van der Waals surface area (Å²) in [5.74, 6) is 0.996. The molecule has 0 aliphatic heterocycles. The molecule has 0 aromatic heterocycles. The zero-order chi connectivity index (χ0) is 14.3. The molecular weight excluding hydrogens is 280 g/mol. The van der Waals surface area contributed by atoms with E-state index in [-0.39, 0.29) is 16.6 Å². The molecule has 6 nitrogen and oxygen atoms in total. The number of hydrogen-bond donors (Lipinski definition) is 1. The third kappa shape index (κ3) is 2.31. The first-order valence-corrected chi connectivity index (χ1v) is 8.21. The van der Waals surface area contributed by atoms with Crippen molar-refractivity contribution in [2.45, 2.75) is 36.6 Å². The maximum Gasteiger partial charge on any atom is 0.289 e. The van der Waals surface area contributed by atoms with Crippen LogP contribution in [-0.4, -0.2) is 19.4 Å². The van der Waals surface area contributed by atoms with Gasteiger partial charge in [-0.2, -0.15) is 0 Å². The maximum atomic E-state index is 12.4. The first-order chi connectivity index (χ1) is 9.47. The van der Waals surface area contributed by atoms with Crippen LogP contribution in [0.3, 0.4) is 0 Å². The Morgan fingerprint density at radius 2 is 1.95 bits per heavy atom. The number of para-hydroxylation sites is 1. The monoisotopic (exact) mass is 296 g/mol. The topological polar surface area (TPSA) is 89.3 Å². The lowest BCUT2D eigenvalue weighted by Crippen LogP contribution is -2.38. The zero-order valence-electron chi connectivity index (χ0n) is 10.9. The van der Waals surface area contributed by atoms with Crippen molar-refractivity contribution in [3.63, 3.8) is 0 Å². The van der Waals surface area contributed by atoms with Crippen LogP contribution in [-0.2, 0) is 10.0 Å². The number of nitrogens with one attached hydrogen (secondary N) is 1. The van der Waals surface area contributed by atoms with E-state index in [1.807, 2.05) is 0 Å². The summed E-state index contributed by atoms with van der Waals surface area (Å²) in [4.78, 5) is 10.0. The molecule has 2 fully saturated rings. The van der Waals surface area contributed by atoms with Gasteiger partial charge in [0.15, 0.2) is 4.90 Å². The molecule has 3 atom stereocenters. The smallest absolute Gasteiger partial charge is 0.258 e. The average molecular weight is 296 g/mol. The highest BCUT2D eigenvalue weighted by molar-refractivity contribution is 7.89. The molecule has 7 heteroatoms. The molecule has 0 unspecified atom stereocenters. The highest BCUT2D eigenvalue weighted by Crippen LogP contribution is 2.45. The molecular formula is C13H16N2O4S. The van der Waals surface area contributed by atoms with Gasteiger partial charge in [0.25, 0.3) is 5.69 Å². The highest BCUT2D eigenvalue weighted by atomic mass is 32.2. The Kier molecular flexibility index (Phi) is 3.25. The van der Waals surface area contributed by atoms with E-state index in [1.54, 1.807) is 0 Å². The lowest BCUT2D eigenvalue weighted by Gasteiger charge is -2.22. The predicted octanol–water partition coefficient (Wildman–Crippen LogP) is 2.06. The first kappa shape index (κ1) is 13.5. The van der Waals surface area contributed by atoms with E-state index in [0.29, 0.717) is 11.8 Å². The number of benzene rings is 1. The summed E-state index contributed by atoms with van der Waals surface area (Å²) in [6.07, 6.45) is 4.15. The summed E-state index contributed by atoms with van der Waals surface area (Å²) in [6.45, 7) is 0. The van der Waals surface area contributed by atoms with E-state index >= 15 is 0 Å². The molecule has 3 rings (SSSR count). The van der Waals surface area contributed by atoms with Crippen LogP contribution in [0.4, 0.5) is 5.69 Å². The van der Waals surface area contributed by atoms with Crippen LogP contribution in [0, 0.1) is 22.0 Å².